The van der Waals surface area contributed by atoms with Crippen molar-refractivity contribution in [3.63, 3.8) is 0 Å². The number of benzene rings is 1. The number of nitrogens with zero attached hydrogens (tertiary/aromatic N) is 2. The van der Waals surface area contributed by atoms with Crippen LogP contribution in [0.1, 0.15) is 35.0 Å². The van der Waals surface area contributed by atoms with Crippen molar-refractivity contribution in [1.29, 1.82) is 0 Å². The molecule has 1 aromatic carbocycles. The van der Waals surface area contributed by atoms with Gasteiger partial charge >= 0.3 is 0 Å². The molecule has 3 saturated heterocycles. The highest BCUT2D eigenvalue weighted by atomic mass is 32.1. The zero-order valence-corrected chi connectivity index (χ0v) is 15.0. The Hall–Kier alpha value is -1.72. The maximum Gasteiger partial charge on any atom is 0.263 e. The number of hydrogen-bond donors (Lipinski definition) is 1. The van der Waals surface area contributed by atoms with Gasteiger partial charge in [-0.2, -0.15) is 0 Å². The van der Waals surface area contributed by atoms with E-state index in [9.17, 15) is 4.79 Å². The van der Waals surface area contributed by atoms with Gasteiger partial charge in [0.1, 0.15) is 9.88 Å². The van der Waals surface area contributed by atoms with E-state index in [1.807, 2.05) is 12.1 Å². The number of aromatic nitrogens is 1. The van der Waals surface area contributed by atoms with Crippen LogP contribution in [-0.2, 0) is 0 Å². The lowest BCUT2D eigenvalue weighted by atomic mass is 9.79. The Bertz CT molecular complexity index is 747. The largest absolute Gasteiger partial charge is 0.347 e. The van der Waals surface area contributed by atoms with Crippen LogP contribution in [-0.4, -0.2) is 41.0 Å². The molecule has 5 rings (SSSR count). The number of piperidine rings is 3. The van der Waals surface area contributed by atoms with Crippen LogP contribution in [0.5, 0.6) is 0 Å². The third-order valence-electron chi connectivity index (χ3n) is 5.58. The first-order valence-electron chi connectivity index (χ1n) is 8.70. The van der Waals surface area contributed by atoms with Crippen molar-refractivity contribution in [2.24, 2.45) is 5.92 Å². The number of nitrogens with one attached hydrogen (secondary N) is 1. The van der Waals surface area contributed by atoms with Gasteiger partial charge in [-0.05, 0) is 51.3 Å². The Balaban J connectivity index is 1.51. The summed E-state index contributed by atoms with van der Waals surface area (Å²) in [5, 5.41) is 4.20. The number of fused-ring (bicyclic) bond motifs is 3. The molecule has 3 aliphatic heterocycles. The number of aryl methyl sites for hydroxylation is 1. The third kappa shape index (κ3) is 2.76. The SMILES string of the molecule is Cc1ccccc1-c1ncc(C(=O)NC2C3CCN(CC3)C2C)s1. The van der Waals surface area contributed by atoms with E-state index in [0.717, 1.165) is 10.6 Å². The van der Waals surface area contributed by atoms with Gasteiger partial charge in [-0.25, -0.2) is 4.98 Å². The van der Waals surface area contributed by atoms with Crippen LogP contribution >= 0.6 is 11.3 Å². The molecular formula is C19H23N3OS. The summed E-state index contributed by atoms with van der Waals surface area (Å²) in [4.78, 5) is 20.4. The summed E-state index contributed by atoms with van der Waals surface area (Å²) in [6.45, 7) is 6.67. The van der Waals surface area contributed by atoms with Crippen molar-refractivity contribution in [3.8, 4) is 10.6 Å². The second-order valence-electron chi connectivity index (χ2n) is 6.96. The van der Waals surface area contributed by atoms with Crippen molar-refractivity contribution in [1.82, 2.24) is 15.2 Å². The first-order valence-corrected chi connectivity index (χ1v) is 9.52. The molecule has 4 heterocycles. The highest BCUT2D eigenvalue weighted by Crippen LogP contribution is 2.33. The molecular weight excluding hydrogens is 318 g/mol. The lowest BCUT2D eigenvalue weighted by molar-refractivity contribution is 0.0218. The van der Waals surface area contributed by atoms with E-state index >= 15 is 0 Å². The van der Waals surface area contributed by atoms with E-state index in [1.54, 1.807) is 6.20 Å². The first kappa shape index (κ1) is 15.8. The van der Waals surface area contributed by atoms with E-state index in [2.05, 4.69) is 41.2 Å². The topological polar surface area (TPSA) is 45.2 Å². The van der Waals surface area contributed by atoms with E-state index in [0.29, 0.717) is 16.8 Å². The van der Waals surface area contributed by atoms with Crippen molar-refractivity contribution in [2.45, 2.75) is 38.8 Å². The van der Waals surface area contributed by atoms with E-state index < -0.39 is 0 Å². The van der Waals surface area contributed by atoms with Crippen molar-refractivity contribution in [2.75, 3.05) is 13.1 Å². The van der Waals surface area contributed by atoms with Crippen LogP contribution in [0.15, 0.2) is 30.5 Å². The molecule has 0 aliphatic carbocycles. The molecule has 0 spiro atoms. The summed E-state index contributed by atoms with van der Waals surface area (Å²) in [6.07, 6.45) is 4.12. The van der Waals surface area contributed by atoms with Crippen LogP contribution in [0.4, 0.5) is 0 Å². The molecule has 4 nitrogen and oxygen atoms in total. The molecule has 2 unspecified atom stereocenters. The van der Waals surface area contributed by atoms with Gasteiger partial charge in [0.15, 0.2) is 0 Å². The van der Waals surface area contributed by atoms with Gasteiger partial charge in [-0.1, -0.05) is 24.3 Å². The minimum atomic E-state index is 0.0259. The smallest absolute Gasteiger partial charge is 0.263 e. The molecule has 24 heavy (non-hydrogen) atoms. The molecule has 1 amide bonds. The molecule has 0 radical (unpaired) electrons. The monoisotopic (exact) mass is 341 g/mol. The van der Waals surface area contributed by atoms with Crippen LogP contribution in [0, 0.1) is 12.8 Å². The van der Waals surface area contributed by atoms with Crippen molar-refractivity contribution >= 4 is 17.2 Å². The summed E-state index contributed by atoms with van der Waals surface area (Å²) in [5.74, 6) is 0.649. The van der Waals surface area contributed by atoms with Gasteiger partial charge in [0, 0.05) is 17.6 Å². The molecule has 2 aromatic rings. The van der Waals surface area contributed by atoms with E-state index in [-0.39, 0.29) is 11.9 Å². The zero-order valence-electron chi connectivity index (χ0n) is 14.2. The molecule has 1 aromatic heterocycles. The van der Waals surface area contributed by atoms with Gasteiger partial charge in [0.05, 0.1) is 6.20 Å². The molecule has 5 heteroatoms. The molecule has 2 bridgehead atoms. The van der Waals surface area contributed by atoms with Gasteiger partial charge in [0.2, 0.25) is 0 Å². The molecule has 0 saturated carbocycles. The number of rotatable bonds is 3. The highest BCUT2D eigenvalue weighted by molar-refractivity contribution is 7.16. The Kier molecular flexibility index (Phi) is 4.14. The quantitative estimate of drug-likeness (QED) is 0.931. The Morgan fingerprint density at radius 3 is 2.75 bits per heavy atom. The molecule has 3 fully saturated rings. The minimum Gasteiger partial charge on any atom is -0.347 e. The Morgan fingerprint density at radius 2 is 2.04 bits per heavy atom. The predicted octanol–water partition coefficient (Wildman–Crippen LogP) is 3.33. The highest BCUT2D eigenvalue weighted by Gasteiger charge is 2.40. The first-order chi connectivity index (χ1) is 11.6. The fourth-order valence-corrected chi connectivity index (χ4v) is 4.99. The normalized spacial score (nSPS) is 28.8. The number of amides is 1. The maximum atomic E-state index is 12.7. The summed E-state index contributed by atoms with van der Waals surface area (Å²) in [5.41, 5.74) is 2.29. The summed E-state index contributed by atoms with van der Waals surface area (Å²) in [7, 11) is 0. The van der Waals surface area contributed by atoms with Crippen LogP contribution in [0.25, 0.3) is 10.6 Å². The van der Waals surface area contributed by atoms with Crippen molar-refractivity contribution < 1.29 is 4.79 Å². The summed E-state index contributed by atoms with van der Waals surface area (Å²) < 4.78 is 0. The number of thiazole rings is 1. The molecule has 3 aliphatic rings. The Labute approximate surface area is 146 Å². The van der Waals surface area contributed by atoms with Gasteiger partial charge < -0.3 is 5.32 Å². The fraction of sp³-hybridized carbons (Fsp3) is 0.474. The number of carbonyl (C=O) groups is 1. The van der Waals surface area contributed by atoms with Gasteiger partial charge in [-0.15, -0.1) is 11.3 Å². The standard InChI is InChI=1S/C19H23N3OS/c1-12-5-3-4-6-15(12)19-20-11-16(24-19)18(23)21-17-13(2)22-9-7-14(17)8-10-22/h3-6,11,13-14,17H,7-10H2,1-2H3,(H,21,23). The van der Waals surface area contributed by atoms with Gasteiger partial charge in [0.25, 0.3) is 5.91 Å². The average molecular weight is 341 g/mol. The fourth-order valence-electron chi connectivity index (χ4n) is 4.08. The second kappa shape index (κ2) is 6.30. The predicted molar refractivity (Wildman–Crippen MR) is 97.3 cm³/mol. The zero-order chi connectivity index (χ0) is 16.7. The minimum absolute atomic E-state index is 0.0259. The maximum absolute atomic E-state index is 12.7. The number of hydrogen-bond acceptors (Lipinski definition) is 4. The number of carbonyl (C=O) groups excluding carboxylic acids is 1. The Morgan fingerprint density at radius 1 is 1.29 bits per heavy atom. The molecule has 1 N–H and O–H groups in total. The third-order valence-corrected chi connectivity index (χ3v) is 6.61. The molecule has 126 valence electrons. The van der Waals surface area contributed by atoms with Crippen molar-refractivity contribution in [3.05, 3.63) is 40.9 Å². The van der Waals surface area contributed by atoms with Gasteiger partial charge in [-0.3, -0.25) is 9.69 Å². The lowest BCUT2D eigenvalue weighted by Gasteiger charge is -2.49. The van der Waals surface area contributed by atoms with Crippen LogP contribution < -0.4 is 5.32 Å². The second-order valence-corrected chi connectivity index (χ2v) is 7.99. The van der Waals surface area contributed by atoms with E-state index in [1.165, 1.54) is 42.8 Å². The summed E-state index contributed by atoms with van der Waals surface area (Å²) in [6, 6.07) is 8.87. The van der Waals surface area contributed by atoms with Crippen LogP contribution in [0.2, 0.25) is 0 Å². The average Bonchev–Trinajstić information content (AvgIpc) is 3.09. The van der Waals surface area contributed by atoms with E-state index in [4.69, 9.17) is 0 Å². The summed E-state index contributed by atoms with van der Waals surface area (Å²) >= 11 is 1.48. The van der Waals surface area contributed by atoms with Crippen LogP contribution in [0.3, 0.4) is 0 Å². The molecule has 2 atom stereocenters. The lowest BCUT2D eigenvalue weighted by Crippen LogP contribution is -2.62.